The Morgan fingerprint density at radius 3 is 3.06 bits per heavy atom. The molecule has 1 atom stereocenters. The molecule has 1 aromatic heterocycles. The van der Waals surface area contributed by atoms with Crippen LogP contribution in [0.15, 0.2) is 22.8 Å². The molecule has 1 heterocycles. The molecular weight excluding hydrogens is 222 g/mol. The van der Waals surface area contributed by atoms with E-state index in [1.54, 1.807) is 13.4 Å². The van der Waals surface area contributed by atoms with Crippen LogP contribution in [0.25, 0.3) is 0 Å². The Balaban J connectivity index is 2.15. The number of nitrogens with one attached hydrogen (secondary N) is 1. The smallest absolute Gasteiger partial charge is 0.113 e. The maximum Gasteiger partial charge on any atom is 0.113 e. The third-order valence-electron chi connectivity index (χ3n) is 2.19. The van der Waals surface area contributed by atoms with Crippen LogP contribution in [-0.4, -0.2) is 32.1 Å². The predicted octanol–water partition coefficient (Wildman–Crippen LogP) is 2.53. The Labute approximate surface area is 102 Å². The maximum absolute atomic E-state index is 5.28. The average Bonchev–Trinajstić information content (AvgIpc) is 2.79. The number of hydrogen-bond donors (Lipinski definition) is 1. The van der Waals surface area contributed by atoms with Crippen molar-refractivity contribution in [3.8, 4) is 0 Å². The molecule has 16 heavy (non-hydrogen) atoms. The van der Waals surface area contributed by atoms with Crippen molar-refractivity contribution in [2.75, 3.05) is 26.0 Å². The molecule has 0 spiro atoms. The second kappa shape index (κ2) is 8.67. The Bertz CT molecular complexity index is 252. The van der Waals surface area contributed by atoms with Gasteiger partial charge < -0.3 is 14.5 Å². The topological polar surface area (TPSA) is 34.4 Å². The minimum Gasteiger partial charge on any atom is -0.468 e. The number of hydrogen-bond acceptors (Lipinski definition) is 4. The molecule has 0 aliphatic rings. The van der Waals surface area contributed by atoms with Crippen LogP contribution in [-0.2, 0) is 10.5 Å². The molecule has 0 saturated carbocycles. The predicted molar refractivity (Wildman–Crippen MR) is 68.8 cm³/mol. The van der Waals surface area contributed by atoms with Crippen LogP contribution in [0.4, 0.5) is 0 Å². The van der Waals surface area contributed by atoms with Gasteiger partial charge in [-0.2, -0.15) is 11.8 Å². The van der Waals surface area contributed by atoms with Crippen LogP contribution in [0.3, 0.4) is 0 Å². The van der Waals surface area contributed by atoms with Gasteiger partial charge in [-0.15, -0.1) is 0 Å². The number of furan rings is 1. The van der Waals surface area contributed by atoms with E-state index in [2.05, 4.69) is 12.2 Å². The molecule has 0 aliphatic heterocycles. The lowest BCUT2D eigenvalue weighted by Gasteiger charge is -2.16. The van der Waals surface area contributed by atoms with Gasteiger partial charge in [-0.3, -0.25) is 0 Å². The summed E-state index contributed by atoms with van der Waals surface area (Å²) in [4.78, 5) is 0. The summed E-state index contributed by atoms with van der Waals surface area (Å²) in [5.41, 5.74) is 0. The van der Waals surface area contributed by atoms with E-state index >= 15 is 0 Å². The van der Waals surface area contributed by atoms with E-state index in [-0.39, 0.29) is 0 Å². The van der Waals surface area contributed by atoms with E-state index in [0.29, 0.717) is 6.04 Å². The lowest BCUT2D eigenvalue weighted by Crippen LogP contribution is -2.35. The van der Waals surface area contributed by atoms with Crippen molar-refractivity contribution in [2.24, 2.45) is 0 Å². The molecule has 3 nitrogen and oxygen atoms in total. The van der Waals surface area contributed by atoms with Crippen molar-refractivity contribution >= 4 is 11.8 Å². The summed E-state index contributed by atoms with van der Waals surface area (Å²) in [5.74, 6) is 3.02. The van der Waals surface area contributed by atoms with Gasteiger partial charge in [0, 0.05) is 18.9 Å². The van der Waals surface area contributed by atoms with Crippen molar-refractivity contribution in [1.82, 2.24) is 5.32 Å². The van der Waals surface area contributed by atoms with Crippen LogP contribution in [0.5, 0.6) is 0 Å². The Kier molecular flexibility index (Phi) is 7.38. The normalized spacial score (nSPS) is 12.9. The molecule has 0 radical (unpaired) electrons. The lowest BCUT2D eigenvalue weighted by atomic mass is 10.3. The first-order valence-electron chi connectivity index (χ1n) is 5.69. The van der Waals surface area contributed by atoms with Crippen molar-refractivity contribution in [3.63, 3.8) is 0 Å². The fraction of sp³-hybridized carbons (Fsp3) is 0.667. The molecule has 0 saturated heterocycles. The molecule has 0 fully saturated rings. The fourth-order valence-electron chi connectivity index (χ4n) is 1.41. The molecule has 1 N–H and O–H groups in total. The molecule has 0 amide bonds. The monoisotopic (exact) mass is 243 g/mol. The van der Waals surface area contributed by atoms with E-state index in [4.69, 9.17) is 9.15 Å². The number of rotatable bonds is 9. The average molecular weight is 243 g/mol. The Morgan fingerprint density at radius 1 is 1.56 bits per heavy atom. The summed E-state index contributed by atoms with van der Waals surface area (Å²) < 4.78 is 10.5. The van der Waals surface area contributed by atoms with E-state index < -0.39 is 0 Å². The second-order valence-corrected chi connectivity index (χ2v) is 4.73. The van der Waals surface area contributed by atoms with Crippen LogP contribution in [0.1, 0.15) is 19.1 Å². The standard InChI is InChI=1S/C12H21NO2S/c1-3-6-13-11(8-14-2)9-16-10-12-5-4-7-15-12/h4-5,7,11,13H,3,6,8-10H2,1-2H3. The van der Waals surface area contributed by atoms with E-state index in [1.807, 2.05) is 23.9 Å². The Morgan fingerprint density at radius 2 is 2.44 bits per heavy atom. The zero-order valence-corrected chi connectivity index (χ0v) is 10.9. The molecular formula is C12H21NO2S. The molecule has 1 aromatic rings. The lowest BCUT2D eigenvalue weighted by molar-refractivity contribution is 0.174. The van der Waals surface area contributed by atoms with Crippen molar-refractivity contribution in [2.45, 2.75) is 25.1 Å². The van der Waals surface area contributed by atoms with Crippen molar-refractivity contribution < 1.29 is 9.15 Å². The number of thioether (sulfide) groups is 1. The molecule has 92 valence electrons. The largest absolute Gasteiger partial charge is 0.468 e. The van der Waals surface area contributed by atoms with E-state index in [9.17, 15) is 0 Å². The molecule has 1 rings (SSSR count). The molecule has 1 unspecified atom stereocenters. The van der Waals surface area contributed by atoms with Crippen molar-refractivity contribution in [1.29, 1.82) is 0 Å². The van der Waals surface area contributed by atoms with Gasteiger partial charge in [0.25, 0.3) is 0 Å². The highest BCUT2D eigenvalue weighted by atomic mass is 32.2. The van der Waals surface area contributed by atoms with Gasteiger partial charge in [0.1, 0.15) is 5.76 Å². The zero-order chi connectivity index (χ0) is 11.6. The van der Waals surface area contributed by atoms with Crippen LogP contribution in [0, 0.1) is 0 Å². The number of ether oxygens (including phenoxy) is 1. The summed E-state index contributed by atoms with van der Waals surface area (Å²) in [6, 6.07) is 4.38. The van der Waals surface area contributed by atoms with Gasteiger partial charge in [-0.05, 0) is 25.1 Å². The fourth-order valence-corrected chi connectivity index (χ4v) is 2.39. The Hall–Kier alpha value is -0.450. The maximum atomic E-state index is 5.28. The molecule has 4 heteroatoms. The van der Waals surface area contributed by atoms with Gasteiger partial charge in [0.15, 0.2) is 0 Å². The minimum absolute atomic E-state index is 0.435. The quantitative estimate of drug-likeness (QED) is 0.723. The van der Waals surface area contributed by atoms with Crippen LogP contribution >= 0.6 is 11.8 Å². The summed E-state index contributed by atoms with van der Waals surface area (Å²) in [6.45, 7) is 3.99. The summed E-state index contributed by atoms with van der Waals surface area (Å²) in [7, 11) is 1.75. The first-order chi connectivity index (χ1) is 7.86. The second-order valence-electron chi connectivity index (χ2n) is 3.70. The molecule has 0 aromatic carbocycles. The summed E-state index contributed by atoms with van der Waals surface area (Å²) in [6.07, 6.45) is 2.88. The minimum atomic E-state index is 0.435. The summed E-state index contributed by atoms with van der Waals surface area (Å²) in [5, 5.41) is 3.47. The SMILES string of the molecule is CCCNC(COC)CSCc1ccco1. The third kappa shape index (κ3) is 5.58. The van der Waals surface area contributed by atoms with Crippen molar-refractivity contribution in [3.05, 3.63) is 24.2 Å². The highest BCUT2D eigenvalue weighted by Crippen LogP contribution is 2.13. The molecule has 0 aliphatic carbocycles. The van der Waals surface area contributed by atoms with E-state index in [1.165, 1.54) is 0 Å². The van der Waals surface area contributed by atoms with Gasteiger partial charge >= 0.3 is 0 Å². The number of methoxy groups -OCH3 is 1. The first-order valence-corrected chi connectivity index (χ1v) is 6.84. The highest BCUT2D eigenvalue weighted by molar-refractivity contribution is 7.98. The summed E-state index contributed by atoms with van der Waals surface area (Å²) >= 11 is 1.87. The van der Waals surface area contributed by atoms with Crippen LogP contribution < -0.4 is 5.32 Å². The van der Waals surface area contributed by atoms with Crippen LogP contribution in [0.2, 0.25) is 0 Å². The van der Waals surface area contributed by atoms with Gasteiger partial charge in [-0.1, -0.05) is 6.92 Å². The van der Waals surface area contributed by atoms with Gasteiger partial charge in [0.05, 0.1) is 18.6 Å². The highest BCUT2D eigenvalue weighted by Gasteiger charge is 2.07. The van der Waals surface area contributed by atoms with Gasteiger partial charge in [-0.25, -0.2) is 0 Å². The third-order valence-corrected chi connectivity index (χ3v) is 3.32. The molecule has 0 bridgehead atoms. The zero-order valence-electron chi connectivity index (χ0n) is 10.1. The first kappa shape index (κ1) is 13.6. The van der Waals surface area contributed by atoms with E-state index in [0.717, 1.165) is 36.8 Å². The van der Waals surface area contributed by atoms with Gasteiger partial charge in [0.2, 0.25) is 0 Å².